The minimum atomic E-state index is -0.281. The van der Waals surface area contributed by atoms with Crippen LogP contribution in [0, 0.1) is 0 Å². The summed E-state index contributed by atoms with van der Waals surface area (Å²) >= 11 is 0. The fourth-order valence-corrected chi connectivity index (χ4v) is 2.28. The molecular weight excluding hydrogens is 370 g/mol. The van der Waals surface area contributed by atoms with Crippen molar-refractivity contribution in [3.8, 4) is 11.5 Å². The molecule has 0 spiro atoms. The number of benzene rings is 2. The van der Waals surface area contributed by atoms with Gasteiger partial charge in [0.05, 0.1) is 31.4 Å². The summed E-state index contributed by atoms with van der Waals surface area (Å²) in [5, 5.41) is 5.43. The molecule has 0 atom stereocenters. The van der Waals surface area contributed by atoms with Crippen LogP contribution in [0.5, 0.6) is 11.5 Å². The van der Waals surface area contributed by atoms with Crippen molar-refractivity contribution in [2.75, 3.05) is 32.1 Å². The van der Waals surface area contributed by atoms with Gasteiger partial charge in [-0.25, -0.2) is 0 Å². The van der Waals surface area contributed by atoms with Crippen molar-refractivity contribution in [3.63, 3.8) is 0 Å². The standard InChI is InChI=1S/C19H23N3O4.ClH/c1-25-16-8-4-5-9-17(16)26-13-10-18(23)22-15-7-3-2-6-14(15)19(24)21-12-11-20;/h2-9H,10-13,20H2,1H3,(H,21,24)(H,22,23);1H. The third kappa shape index (κ3) is 6.80. The molecule has 0 unspecified atom stereocenters. The summed E-state index contributed by atoms with van der Waals surface area (Å²) in [5.41, 5.74) is 6.23. The molecule has 146 valence electrons. The number of carbonyl (C=O) groups excluding carboxylic acids is 2. The molecule has 0 aliphatic heterocycles. The first kappa shape index (κ1) is 22.3. The van der Waals surface area contributed by atoms with E-state index in [9.17, 15) is 9.59 Å². The summed E-state index contributed by atoms with van der Waals surface area (Å²) < 4.78 is 10.8. The molecule has 0 aliphatic carbocycles. The van der Waals surface area contributed by atoms with E-state index in [4.69, 9.17) is 15.2 Å². The molecule has 2 rings (SSSR count). The third-order valence-corrected chi connectivity index (χ3v) is 3.53. The van der Waals surface area contributed by atoms with Gasteiger partial charge in [0, 0.05) is 13.1 Å². The predicted octanol–water partition coefficient (Wildman–Crippen LogP) is 2.21. The monoisotopic (exact) mass is 393 g/mol. The summed E-state index contributed by atoms with van der Waals surface area (Å²) in [6.07, 6.45) is 0.136. The van der Waals surface area contributed by atoms with Crippen LogP contribution in [0.1, 0.15) is 16.8 Å². The Hall–Kier alpha value is -2.77. The van der Waals surface area contributed by atoms with Gasteiger partial charge in [0.2, 0.25) is 5.91 Å². The van der Waals surface area contributed by atoms with Gasteiger partial charge in [-0.05, 0) is 24.3 Å². The first-order valence-electron chi connectivity index (χ1n) is 8.28. The Morgan fingerprint density at radius 3 is 2.41 bits per heavy atom. The smallest absolute Gasteiger partial charge is 0.253 e. The van der Waals surface area contributed by atoms with Gasteiger partial charge in [0.1, 0.15) is 0 Å². The van der Waals surface area contributed by atoms with Gasteiger partial charge in [0.25, 0.3) is 5.91 Å². The highest BCUT2D eigenvalue weighted by molar-refractivity contribution is 6.03. The molecule has 0 fully saturated rings. The number of nitrogens with one attached hydrogen (secondary N) is 2. The Kier molecular flexibility index (Phi) is 9.71. The van der Waals surface area contributed by atoms with Crippen LogP contribution in [0.2, 0.25) is 0 Å². The van der Waals surface area contributed by atoms with Gasteiger partial charge in [-0.1, -0.05) is 24.3 Å². The molecule has 8 heteroatoms. The maximum atomic E-state index is 12.2. The molecule has 27 heavy (non-hydrogen) atoms. The molecule has 7 nitrogen and oxygen atoms in total. The molecule has 0 bridgehead atoms. The van der Waals surface area contributed by atoms with E-state index in [0.717, 1.165) is 0 Å². The highest BCUT2D eigenvalue weighted by Gasteiger charge is 2.13. The molecule has 0 aliphatic rings. The van der Waals surface area contributed by atoms with E-state index in [1.807, 2.05) is 12.1 Å². The van der Waals surface area contributed by atoms with Crippen LogP contribution in [0.4, 0.5) is 5.69 Å². The molecule has 4 N–H and O–H groups in total. The van der Waals surface area contributed by atoms with Crippen LogP contribution in [0.3, 0.4) is 0 Å². The Labute approximate surface area is 164 Å². The van der Waals surface area contributed by atoms with Gasteiger partial charge in [-0.15, -0.1) is 12.4 Å². The summed E-state index contributed by atoms with van der Waals surface area (Å²) in [7, 11) is 1.56. The van der Waals surface area contributed by atoms with Gasteiger partial charge >= 0.3 is 0 Å². The molecule has 0 saturated carbocycles. The van der Waals surface area contributed by atoms with Crippen LogP contribution in [-0.2, 0) is 4.79 Å². The van der Waals surface area contributed by atoms with Crippen molar-refractivity contribution in [1.82, 2.24) is 5.32 Å². The maximum absolute atomic E-state index is 12.2. The molecule has 0 radical (unpaired) electrons. The van der Waals surface area contributed by atoms with Crippen molar-refractivity contribution in [2.45, 2.75) is 6.42 Å². The molecule has 0 heterocycles. The van der Waals surface area contributed by atoms with E-state index in [2.05, 4.69) is 10.6 Å². The van der Waals surface area contributed by atoms with E-state index in [1.54, 1.807) is 43.5 Å². The maximum Gasteiger partial charge on any atom is 0.253 e. The average Bonchev–Trinajstić information content (AvgIpc) is 2.67. The number of halogens is 1. The zero-order valence-corrected chi connectivity index (χ0v) is 15.9. The second-order valence-corrected chi connectivity index (χ2v) is 5.39. The van der Waals surface area contributed by atoms with Crippen molar-refractivity contribution in [2.24, 2.45) is 5.73 Å². The van der Waals surface area contributed by atoms with Gasteiger partial charge in [-0.2, -0.15) is 0 Å². The normalized spacial score (nSPS) is 9.70. The lowest BCUT2D eigenvalue weighted by atomic mass is 10.1. The first-order valence-corrected chi connectivity index (χ1v) is 8.28. The molecule has 2 aromatic rings. The van der Waals surface area contributed by atoms with E-state index in [-0.39, 0.29) is 37.2 Å². The number of anilines is 1. The number of methoxy groups -OCH3 is 1. The molecule has 0 aromatic heterocycles. The van der Waals surface area contributed by atoms with Crippen LogP contribution in [0.25, 0.3) is 0 Å². The second kappa shape index (κ2) is 11.8. The summed E-state index contributed by atoms with van der Waals surface area (Å²) in [6.45, 7) is 0.905. The second-order valence-electron chi connectivity index (χ2n) is 5.39. The Morgan fingerprint density at radius 1 is 1.04 bits per heavy atom. The van der Waals surface area contributed by atoms with Gasteiger partial charge < -0.3 is 25.8 Å². The van der Waals surface area contributed by atoms with Crippen molar-refractivity contribution < 1.29 is 19.1 Å². The number of rotatable bonds is 9. The largest absolute Gasteiger partial charge is 0.493 e. The minimum absolute atomic E-state index is 0. The fraction of sp³-hybridized carbons (Fsp3) is 0.263. The van der Waals surface area contributed by atoms with Crippen LogP contribution in [0.15, 0.2) is 48.5 Å². The van der Waals surface area contributed by atoms with Crippen LogP contribution >= 0.6 is 12.4 Å². The summed E-state index contributed by atoms with van der Waals surface area (Å²) in [6, 6.07) is 14.0. The van der Waals surface area contributed by atoms with Crippen LogP contribution < -0.4 is 25.8 Å². The fourth-order valence-electron chi connectivity index (χ4n) is 2.28. The predicted molar refractivity (Wildman–Crippen MR) is 107 cm³/mol. The Morgan fingerprint density at radius 2 is 1.70 bits per heavy atom. The van der Waals surface area contributed by atoms with Gasteiger partial charge in [-0.3, -0.25) is 9.59 Å². The highest BCUT2D eigenvalue weighted by Crippen LogP contribution is 2.25. The van der Waals surface area contributed by atoms with E-state index < -0.39 is 0 Å². The first-order chi connectivity index (χ1) is 12.7. The lowest BCUT2D eigenvalue weighted by Crippen LogP contribution is -2.30. The zero-order valence-electron chi connectivity index (χ0n) is 15.1. The van der Waals surface area contributed by atoms with Gasteiger partial charge in [0.15, 0.2) is 11.5 Å². The average molecular weight is 394 g/mol. The minimum Gasteiger partial charge on any atom is -0.493 e. The van der Waals surface area contributed by atoms with Crippen LogP contribution in [-0.4, -0.2) is 38.6 Å². The quantitative estimate of drug-likeness (QED) is 0.606. The Balaban J connectivity index is 0.00000364. The zero-order chi connectivity index (χ0) is 18.8. The number of carbonyl (C=O) groups is 2. The highest BCUT2D eigenvalue weighted by atomic mass is 35.5. The number of para-hydroxylation sites is 3. The number of hydrogen-bond donors (Lipinski definition) is 3. The SMILES string of the molecule is COc1ccccc1OCCC(=O)Nc1ccccc1C(=O)NCCN.Cl. The lowest BCUT2D eigenvalue weighted by Gasteiger charge is -2.12. The van der Waals surface area contributed by atoms with E-state index in [1.165, 1.54) is 0 Å². The lowest BCUT2D eigenvalue weighted by molar-refractivity contribution is -0.116. The summed E-state index contributed by atoms with van der Waals surface area (Å²) in [5.74, 6) is 0.648. The Bertz CT molecular complexity index is 755. The van der Waals surface area contributed by atoms with Crippen molar-refractivity contribution in [1.29, 1.82) is 0 Å². The molecule has 2 aromatic carbocycles. The molecular formula is C19H24ClN3O4. The van der Waals surface area contributed by atoms with Crippen molar-refractivity contribution >= 4 is 29.9 Å². The summed E-state index contributed by atoms with van der Waals surface area (Å²) in [4.78, 5) is 24.3. The number of amides is 2. The topological polar surface area (TPSA) is 103 Å². The van der Waals surface area contributed by atoms with E-state index >= 15 is 0 Å². The van der Waals surface area contributed by atoms with E-state index in [0.29, 0.717) is 35.8 Å². The molecule has 0 saturated heterocycles. The third-order valence-electron chi connectivity index (χ3n) is 3.53. The van der Waals surface area contributed by atoms with Crippen molar-refractivity contribution in [3.05, 3.63) is 54.1 Å². The number of hydrogen-bond acceptors (Lipinski definition) is 5. The number of nitrogens with two attached hydrogens (primary N) is 1. The molecule has 2 amide bonds. The number of ether oxygens (including phenoxy) is 2.